The maximum absolute atomic E-state index is 5.80. The Balaban J connectivity index is 1.97. The lowest BCUT2D eigenvalue weighted by atomic mass is 10.2. The summed E-state index contributed by atoms with van der Waals surface area (Å²) >= 11 is 5.80. The van der Waals surface area contributed by atoms with Gasteiger partial charge in [0, 0.05) is 5.02 Å². The third kappa shape index (κ3) is 3.61. The minimum Gasteiger partial charge on any atom is -0.279 e. The molecule has 0 atom stereocenters. The van der Waals surface area contributed by atoms with Crippen LogP contribution in [0.1, 0.15) is 11.1 Å². The Morgan fingerprint density at radius 1 is 1.00 bits per heavy atom. The third-order valence-electron chi connectivity index (χ3n) is 2.33. The fourth-order valence-electron chi connectivity index (χ4n) is 1.36. The second kappa shape index (κ2) is 5.51. The van der Waals surface area contributed by atoms with Crippen molar-refractivity contribution in [2.45, 2.75) is 6.92 Å². The van der Waals surface area contributed by atoms with Gasteiger partial charge in [-0.2, -0.15) is 5.10 Å². The Hall–Kier alpha value is -1.80. The molecule has 17 heavy (non-hydrogen) atoms. The number of anilines is 1. The van der Waals surface area contributed by atoms with E-state index in [0.29, 0.717) is 0 Å². The highest BCUT2D eigenvalue weighted by atomic mass is 35.5. The molecule has 2 aromatic rings. The lowest BCUT2D eigenvalue weighted by Crippen LogP contribution is -1.90. The van der Waals surface area contributed by atoms with E-state index in [1.165, 1.54) is 5.56 Å². The summed E-state index contributed by atoms with van der Waals surface area (Å²) in [7, 11) is 0. The topological polar surface area (TPSA) is 24.4 Å². The Kier molecular flexibility index (Phi) is 3.78. The van der Waals surface area contributed by atoms with Crippen LogP contribution >= 0.6 is 11.6 Å². The average molecular weight is 245 g/mol. The minimum atomic E-state index is 0.730. The van der Waals surface area contributed by atoms with Crippen LogP contribution in [0.25, 0.3) is 0 Å². The van der Waals surface area contributed by atoms with Crippen molar-refractivity contribution in [1.82, 2.24) is 0 Å². The predicted octanol–water partition coefficient (Wildman–Crippen LogP) is 4.09. The van der Waals surface area contributed by atoms with Gasteiger partial charge in [0.05, 0.1) is 11.9 Å². The summed E-state index contributed by atoms with van der Waals surface area (Å²) < 4.78 is 0. The van der Waals surface area contributed by atoms with Crippen molar-refractivity contribution in [2.24, 2.45) is 5.10 Å². The van der Waals surface area contributed by atoms with Crippen molar-refractivity contribution in [1.29, 1.82) is 0 Å². The van der Waals surface area contributed by atoms with Crippen LogP contribution in [0.2, 0.25) is 5.02 Å². The number of rotatable bonds is 3. The summed E-state index contributed by atoms with van der Waals surface area (Å²) in [5.74, 6) is 0. The first-order chi connectivity index (χ1) is 8.24. The Labute approximate surface area is 106 Å². The monoisotopic (exact) mass is 244 g/mol. The molecule has 2 nitrogen and oxygen atoms in total. The molecule has 0 unspecified atom stereocenters. The van der Waals surface area contributed by atoms with E-state index in [1.807, 2.05) is 48.5 Å². The molecule has 0 radical (unpaired) electrons. The van der Waals surface area contributed by atoms with E-state index >= 15 is 0 Å². The maximum Gasteiger partial charge on any atom is 0.0561 e. The molecular weight excluding hydrogens is 232 g/mol. The highest BCUT2D eigenvalue weighted by molar-refractivity contribution is 6.30. The molecule has 3 heteroatoms. The molecule has 0 aliphatic rings. The largest absolute Gasteiger partial charge is 0.279 e. The van der Waals surface area contributed by atoms with Gasteiger partial charge in [-0.3, -0.25) is 5.43 Å². The Bertz CT molecular complexity index is 501. The molecule has 0 amide bonds. The Morgan fingerprint density at radius 3 is 2.29 bits per heavy atom. The van der Waals surface area contributed by atoms with Crippen LogP contribution in [-0.4, -0.2) is 6.21 Å². The van der Waals surface area contributed by atoms with Crippen LogP contribution in [0.3, 0.4) is 0 Å². The molecule has 0 aliphatic heterocycles. The van der Waals surface area contributed by atoms with Crippen molar-refractivity contribution in [3.05, 3.63) is 64.7 Å². The van der Waals surface area contributed by atoms with Crippen LogP contribution in [0.15, 0.2) is 53.6 Å². The highest BCUT2D eigenvalue weighted by Crippen LogP contribution is 2.09. The molecule has 0 saturated carbocycles. The van der Waals surface area contributed by atoms with E-state index in [0.717, 1.165) is 16.3 Å². The first kappa shape index (κ1) is 11.7. The minimum absolute atomic E-state index is 0.730. The molecule has 0 saturated heterocycles. The number of aryl methyl sites for hydroxylation is 1. The van der Waals surface area contributed by atoms with Gasteiger partial charge >= 0.3 is 0 Å². The number of hydrogen-bond acceptors (Lipinski definition) is 2. The van der Waals surface area contributed by atoms with E-state index in [2.05, 4.69) is 17.5 Å². The van der Waals surface area contributed by atoms with Gasteiger partial charge in [0.15, 0.2) is 0 Å². The van der Waals surface area contributed by atoms with E-state index < -0.39 is 0 Å². The maximum atomic E-state index is 5.80. The second-order valence-electron chi connectivity index (χ2n) is 3.79. The average Bonchev–Trinajstić information content (AvgIpc) is 2.34. The van der Waals surface area contributed by atoms with E-state index in [-0.39, 0.29) is 0 Å². The van der Waals surface area contributed by atoms with Crippen LogP contribution < -0.4 is 5.43 Å². The smallest absolute Gasteiger partial charge is 0.0561 e. The zero-order valence-electron chi connectivity index (χ0n) is 9.52. The molecule has 0 fully saturated rings. The standard InChI is InChI=1S/C14H13ClN2/c1-11-2-8-14(9-3-11)17-16-10-12-4-6-13(15)7-5-12/h2-10,17H,1H3/b16-10+. The first-order valence-corrected chi connectivity index (χ1v) is 5.73. The first-order valence-electron chi connectivity index (χ1n) is 5.35. The molecule has 0 heterocycles. The van der Waals surface area contributed by atoms with Gasteiger partial charge in [-0.05, 0) is 36.8 Å². The summed E-state index contributed by atoms with van der Waals surface area (Å²) in [5.41, 5.74) is 6.19. The predicted molar refractivity (Wildman–Crippen MR) is 73.8 cm³/mol. The molecule has 2 rings (SSSR count). The van der Waals surface area contributed by atoms with Crippen molar-refractivity contribution in [3.8, 4) is 0 Å². The molecule has 2 aromatic carbocycles. The molecule has 0 spiro atoms. The second-order valence-corrected chi connectivity index (χ2v) is 4.22. The third-order valence-corrected chi connectivity index (χ3v) is 2.58. The fraction of sp³-hybridized carbons (Fsp3) is 0.0714. The normalized spacial score (nSPS) is 10.7. The van der Waals surface area contributed by atoms with Gasteiger partial charge in [0.2, 0.25) is 0 Å². The van der Waals surface area contributed by atoms with Gasteiger partial charge < -0.3 is 0 Å². The van der Waals surface area contributed by atoms with Crippen LogP contribution in [-0.2, 0) is 0 Å². The molecule has 0 aliphatic carbocycles. The number of benzene rings is 2. The van der Waals surface area contributed by atoms with E-state index in [1.54, 1.807) is 6.21 Å². The van der Waals surface area contributed by atoms with Crippen molar-refractivity contribution in [2.75, 3.05) is 5.43 Å². The summed E-state index contributed by atoms with van der Waals surface area (Å²) in [6, 6.07) is 15.6. The highest BCUT2D eigenvalue weighted by Gasteiger charge is 1.90. The van der Waals surface area contributed by atoms with Crippen molar-refractivity contribution in [3.63, 3.8) is 0 Å². The summed E-state index contributed by atoms with van der Waals surface area (Å²) in [6.45, 7) is 2.06. The van der Waals surface area contributed by atoms with Gasteiger partial charge in [0.1, 0.15) is 0 Å². The lowest BCUT2D eigenvalue weighted by Gasteiger charge is -2.00. The number of halogens is 1. The molecule has 1 N–H and O–H groups in total. The summed E-state index contributed by atoms with van der Waals surface area (Å²) in [4.78, 5) is 0. The van der Waals surface area contributed by atoms with Crippen LogP contribution in [0.4, 0.5) is 5.69 Å². The van der Waals surface area contributed by atoms with Crippen molar-refractivity contribution >= 4 is 23.5 Å². The van der Waals surface area contributed by atoms with E-state index in [9.17, 15) is 0 Å². The van der Waals surface area contributed by atoms with Gasteiger partial charge in [-0.15, -0.1) is 0 Å². The number of nitrogens with one attached hydrogen (secondary N) is 1. The van der Waals surface area contributed by atoms with Crippen LogP contribution in [0.5, 0.6) is 0 Å². The van der Waals surface area contributed by atoms with Gasteiger partial charge in [0.25, 0.3) is 0 Å². The van der Waals surface area contributed by atoms with E-state index in [4.69, 9.17) is 11.6 Å². The lowest BCUT2D eigenvalue weighted by molar-refractivity contribution is 1.34. The van der Waals surface area contributed by atoms with Crippen LogP contribution in [0, 0.1) is 6.92 Å². The zero-order valence-corrected chi connectivity index (χ0v) is 10.3. The fourth-order valence-corrected chi connectivity index (χ4v) is 1.48. The Morgan fingerprint density at radius 2 is 1.65 bits per heavy atom. The molecular formula is C14H13ClN2. The number of nitrogens with zero attached hydrogens (tertiary/aromatic N) is 1. The molecule has 0 bridgehead atoms. The zero-order chi connectivity index (χ0) is 12.1. The number of hydrazone groups is 1. The summed E-state index contributed by atoms with van der Waals surface area (Å²) in [6.07, 6.45) is 1.76. The van der Waals surface area contributed by atoms with Crippen molar-refractivity contribution < 1.29 is 0 Å². The number of hydrogen-bond donors (Lipinski definition) is 1. The summed E-state index contributed by atoms with van der Waals surface area (Å²) in [5, 5.41) is 4.88. The molecule has 0 aromatic heterocycles. The van der Waals surface area contributed by atoms with Gasteiger partial charge in [-0.1, -0.05) is 41.4 Å². The quantitative estimate of drug-likeness (QED) is 0.638. The molecule has 86 valence electrons. The van der Waals surface area contributed by atoms with Gasteiger partial charge in [-0.25, -0.2) is 0 Å². The SMILES string of the molecule is Cc1ccc(N/N=C/c2ccc(Cl)cc2)cc1.